The number of hydrogen-bond acceptors (Lipinski definition) is 6. The minimum absolute atomic E-state index is 0.0124. The fourth-order valence-corrected chi connectivity index (χ4v) is 4.89. The molecule has 10 heteroatoms. The second kappa shape index (κ2) is 8.40. The van der Waals surface area contributed by atoms with Gasteiger partial charge in [0.1, 0.15) is 29.2 Å². The van der Waals surface area contributed by atoms with Crippen LogP contribution in [0.3, 0.4) is 0 Å². The van der Waals surface area contributed by atoms with Gasteiger partial charge >= 0.3 is 0 Å². The molecule has 0 radical (unpaired) electrons. The van der Waals surface area contributed by atoms with E-state index < -0.39 is 29.2 Å². The van der Waals surface area contributed by atoms with E-state index in [1.165, 1.54) is 33.1 Å². The number of halogens is 2. The molecule has 3 aromatic rings. The summed E-state index contributed by atoms with van der Waals surface area (Å²) in [5, 5.41) is 21.3. The molecule has 6 rings (SSSR count). The number of methoxy groups -OCH3 is 1. The van der Waals surface area contributed by atoms with Crippen LogP contribution >= 0.6 is 0 Å². The van der Waals surface area contributed by atoms with E-state index in [9.17, 15) is 23.8 Å². The van der Waals surface area contributed by atoms with Crippen LogP contribution in [0.1, 0.15) is 77.6 Å². The monoisotopic (exact) mass is 494 g/mol. The third-order valence-corrected chi connectivity index (χ3v) is 6.58. The van der Waals surface area contributed by atoms with E-state index in [1.807, 2.05) is 0 Å². The van der Waals surface area contributed by atoms with E-state index in [0.717, 1.165) is 12.3 Å². The fraction of sp³-hybridized carbons (Fsp3) is 0.346. The number of aliphatic hydroxyl groups is 2. The molecule has 1 aromatic carbocycles. The molecule has 2 bridgehead atoms. The molecule has 2 aliphatic heterocycles. The Morgan fingerprint density at radius 2 is 2.03 bits per heavy atom. The number of pyridine rings is 1. The van der Waals surface area contributed by atoms with Crippen molar-refractivity contribution in [1.82, 2.24) is 14.5 Å². The van der Waals surface area contributed by atoms with Crippen LogP contribution in [0, 0.1) is 23.5 Å². The maximum absolute atomic E-state index is 15.0. The van der Waals surface area contributed by atoms with Crippen LogP contribution in [-0.4, -0.2) is 43.4 Å². The first-order chi connectivity index (χ1) is 17.0. The maximum atomic E-state index is 15.0. The van der Waals surface area contributed by atoms with E-state index in [-0.39, 0.29) is 40.4 Å². The number of carbonyl (C=O) groups is 1. The zero-order valence-corrected chi connectivity index (χ0v) is 19.8. The molecule has 4 N–H and O–H groups in total. The van der Waals surface area contributed by atoms with Gasteiger partial charge in [0.25, 0.3) is 5.91 Å². The number of amides is 1. The van der Waals surface area contributed by atoms with Crippen LogP contribution in [-0.2, 0) is 0 Å². The number of aromatic nitrogens is 3. The van der Waals surface area contributed by atoms with Crippen LogP contribution < -0.4 is 10.5 Å². The first-order valence-corrected chi connectivity index (χ1v) is 11.4. The molecule has 8 nitrogen and oxygen atoms in total. The number of benzene rings is 1. The van der Waals surface area contributed by atoms with Crippen molar-refractivity contribution in [3.63, 3.8) is 0 Å². The van der Waals surface area contributed by atoms with Crippen molar-refractivity contribution in [3.8, 4) is 29.1 Å². The smallest absolute Gasteiger partial charge is 0.269 e. The largest absolute Gasteiger partial charge is 0.481 e. The molecular formula is C26H24F2N4O4. The molecule has 0 spiro atoms. The van der Waals surface area contributed by atoms with Crippen molar-refractivity contribution >= 4 is 5.91 Å². The van der Waals surface area contributed by atoms with Gasteiger partial charge in [-0.15, -0.1) is 0 Å². The van der Waals surface area contributed by atoms with Gasteiger partial charge in [0.05, 0.1) is 30.1 Å². The minimum Gasteiger partial charge on any atom is -0.481 e. The summed E-state index contributed by atoms with van der Waals surface area (Å²) in [6.45, 7) is 2.98. The quantitative estimate of drug-likeness (QED) is 0.479. The van der Waals surface area contributed by atoms with Gasteiger partial charge in [-0.2, -0.15) is 0 Å². The Bertz CT molecular complexity index is 1460. The van der Waals surface area contributed by atoms with Crippen molar-refractivity contribution in [2.45, 2.75) is 50.4 Å². The summed E-state index contributed by atoms with van der Waals surface area (Å²) in [7, 11) is 1.33. The first kappa shape index (κ1) is 23.9. The summed E-state index contributed by atoms with van der Waals surface area (Å²) in [6, 6.07) is 3.88. The van der Waals surface area contributed by atoms with Crippen molar-refractivity contribution in [2.75, 3.05) is 7.11 Å². The van der Waals surface area contributed by atoms with E-state index in [2.05, 4.69) is 21.8 Å². The number of rotatable bonds is 4. The van der Waals surface area contributed by atoms with Gasteiger partial charge in [-0.3, -0.25) is 4.79 Å². The van der Waals surface area contributed by atoms with Gasteiger partial charge in [-0.05, 0) is 56.4 Å². The Kier molecular flexibility index (Phi) is 5.58. The number of aliphatic hydroxyl groups excluding tert-OH is 1. The predicted molar refractivity (Wildman–Crippen MR) is 125 cm³/mol. The topological polar surface area (TPSA) is 123 Å². The lowest BCUT2D eigenvalue weighted by molar-refractivity contribution is 0.0988. The second-order valence-corrected chi connectivity index (χ2v) is 9.61. The Hall–Kier alpha value is -3.81. The number of primary amides is 1. The highest BCUT2D eigenvalue weighted by atomic mass is 19.1. The lowest BCUT2D eigenvalue weighted by atomic mass is 9.75. The number of imidazole rings is 1. The Morgan fingerprint density at radius 3 is 2.67 bits per heavy atom. The summed E-state index contributed by atoms with van der Waals surface area (Å²) >= 11 is 0. The summed E-state index contributed by atoms with van der Waals surface area (Å²) in [6.07, 6.45) is 0.683. The summed E-state index contributed by atoms with van der Waals surface area (Å²) in [5.74, 6) is 3.54. The lowest BCUT2D eigenvalue weighted by Crippen LogP contribution is -2.27. The zero-order valence-electron chi connectivity index (χ0n) is 19.8. The van der Waals surface area contributed by atoms with Gasteiger partial charge in [0, 0.05) is 11.6 Å². The number of ether oxygens (including phenoxy) is 1. The average molecular weight is 494 g/mol. The van der Waals surface area contributed by atoms with Crippen molar-refractivity contribution in [3.05, 3.63) is 64.1 Å². The van der Waals surface area contributed by atoms with Gasteiger partial charge in [-0.25, -0.2) is 18.7 Å². The fourth-order valence-electron chi connectivity index (χ4n) is 4.89. The van der Waals surface area contributed by atoms with E-state index in [1.54, 1.807) is 4.57 Å². The number of carbonyl (C=O) groups excluding carboxylic acids is 1. The van der Waals surface area contributed by atoms with Gasteiger partial charge in [0.15, 0.2) is 5.69 Å². The normalized spacial score (nSPS) is 18.6. The predicted octanol–water partition coefficient (Wildman–Crippen LogP) is 2.97. The maximum Gasteiger partial charge on any atom is 0.269 e. The van der Waals surface area contributed by atoms with Gasteiger partial charge in [0.2, 0.25) is 5.88 Å². The van der Waals surface area contributed by atoms with Crippen molar-refractivity contribution in [1.29, 1.82) is 0 Å². The first-order valence-electron chi connectivity index (χ1n) is 11.4. The number of hydrogen-bond donors (Lipinski definition) is 3. The third-order valence-electron chi connectivity index (χ3n) is 6.58. The molecule has 1 fully saturated rings. The van der Waals surface area contributed by atoms with E-state index in [0.29, 0.717) is 29.8 Å². The summed E-state index contributed by atoms with van der Waals surface area (Å²) in [4.78, 5) is 20.8. The molecule has 1 aliphatic carbocycles. The Balaban J connectivity index is 1.75. The molecule has 2 aromatic heterocycles. The summed E-state index contributed by atoms with van der Waals surface area (Å²) < 4.78 is 35.9. The zero-order chi connectivity index (χ0) is 25.9. The standard InChI is InChI=1S/C26H24F2N4O4/c1-26(2,35)5-4-12-8-17-16(10-19(12)28)13-6-15(7-13)32-21(20(23(29)34)31-24(17)32)22(33)18-9-14(27)11-30-25(18)36-3/h8-11,13,15,22,33,35H,6-7H2,1-3H3,(H2,29,34)/t13?,15?,22-/m0/s1. The van der Waals surface area contributed by atoms with Crippen molar-refractivity contribution in [2.24, 2.45) is 5.73 Å². The molecule has 0 saturated heterocycles. The Morgan fingerprint density at radius 1 is 1.31 bits per heavy atom. The second-order valence-electron chi connectivity index (χ2n) is 9.61. The minimum atomic E-state index is -1.53. The van der Waals surface area contributed by atoms with Crippen LogP contribution in [0.15, 0.2) is 24.4 Å². The molecule has 1 saturated carbocycles. The molecule has 1 atom stereocenters. The van der Waals surface area contributed by atoms with E-state index >= 15 is 0 Å². The molecule has 3 aliphatic rings. The molecule has 0 unspecified atom stereocenters. The van der Waals surface area contributed by atoms with Crippen molar-refractivity contribution < 1.29 is 28.5 Å². The Labute approximate surface area is 205 Å². The third kappa shape index (κ3) is 3.90. The SMILES string of the molecule is COc1ncc(F)cc1[C@H](O)c1c(C(N)=O)nc2n1C1CC(C1)c1cc(F)c(C#CC(C)(C)O)cc1-2. The average Bonchev–Trinajstić information content (AvgIpc) is 3.06. The van der Waals surface area contributed by atoms with E-state index in [4.69, 9.17) is 10.5 Å². The summed E-state index contributed by atoms with van der Waals surface area (Å²) in [5.41, 5.74) is 5.56. The molecule has 4 heterocycles. The molecular weight excluding hydrogens is 470 g/mol. The highest BCUT2D eigenvalue weighted by molar-refractivity contribution is 5.93. The van der Waals surface area contributed by atoms with Crippen LogP contribution in [0.4, 0.5) is 8.78 Å². The number of nitrogens with two attached hydrogens (primary N) is 1. The lowest BCUT2D eigenvalue weighted by Gasteiger charge is -2.36. The molecule has 1 amide bonds. The van der Waals surface area contributed by atoms with Crippen LogP contribution in [0.25, 0.3) is 11.4 Å². The van der Waals surface area contributed by atoms with Crippen LogP contribution in [0.2, 0.25) is 0 Å². The molecule has 36 heavy (non-hydrogen) atoms. The van der Waals surface area contributed by atoms with Crippen LogP contribution in [0.5, 0.6) is 5.88 Å². The molecule has 186 valence electrons. The number of nitrogens with zero attached hydrogens (tertiary/aromatic N) is 3. The highest BCUT2D eigenvalue weighted by Crippen LogP contribution is 2.54. The highest BCUT2D eigenvalue weighted by Gasteiger charge is 2.43. The van der Waals surface area contributed by atoms with Gasteiger partial charge < -0.3 is 25.3 Å². The van der Waals surface area contributed by atoms with Gasteiger partial charge in [-0.1, -0.05) is 11.8 Å².